The van der Waals surface area contributed by atoms with Crippen LogP contribution in [0.15, 0.2) is 67.1 Å². The number of rotatable bonds is 6. The Morgan fingerprint density at radius 1 is 1.11 bits per heavy atom. The maximum atomic E-state index is 9.92. The average Bonchev–Trinajstić information content (AvgIpc) is 3.34. The van der Waals surface area contributed by atoms with Crippen molar-refractivity contribution in [3.8, 4) is 28.5 Å². The molecule has 0 atom stereocenters. The number of fused-ring (bicyclic) bond motifs is 1. The first-order valence-electron chi connectivity index (χ1n) is 12.1. The molecule has 1 aromatic carbocycles. The molecule has 0 aliphatic carbocycles. The van der Waals surface area contributed by atoms with Gasteiger partial charge in [-0.25, -0.2) is 4.98 Å². The molecule has 0 bridgehead atoms. The first-order chi connectivity index (χ1) is 17.1. The summed E-state index contributed by atoms with van der Waals surface area (Å²) in [6.45, 7) is 8.24. The Kier molecular flexibility index (Phi) is 6.19. The molecule has 4 heterocycles. The lowest BCUT2D eigenvalue weighted by Gasteiger charge is -2.35. The normalized spacial score (nSPS) is 14.2. The molecule has 1 fully saturated rings. The maximum Gasteiger partial charge on any atom is 0.165 e. The van der Waals surface area contributed by atoms with E-state index in [4.69, 9.17) is 10.7 Å². The highest BCUT2D eigenvalue weighted by Crippen LogP contribution is 2.35. The summed E-state index contributed by atoms with van der Waals surface area (Å²) in [4.78, 5) is 12.0. The van der Waals surface area contributed by atoms with E-state index in [9.17, 15) is 5.26 Å². The van der Waals surface area contributed by atoms with Gasteiger partial charge < -0.3 is 10.6 Å². The van der Waals surface area contributed by atoms with Crippen molar-refractivity contribution in [2.45, 2.75) is 38.5 Å². The molecular formula is C28H29N7. The van der Waals surface area contributed by atoms with Crippen molar-refractivity contribution < 1.29 is 0 Å². The van der Waals surface area contributed by atoms with E-state index in [1.54, 1.807) is 10.7 Å². The number of nitrogens with two attached hydrogens (primary N) is 1. The summed E-state index contributed by atoms with van der Waals surface area (Å²) in [5, 5.41) is 14.4. The predicted molar refractivity (Wildman–Crippen MR) is 138 cm³/mol. The lowest BCUT2D eigenvalue weighted by Crippen LogP contribution is -2.32. The van der Waals surface area contributed by atoms with Crippen molar-refractivity contribution in [2.75, 3.05) is 18.8 Å². The van der Waals surface area contributed by atoms with Gasteiger partial charge in [-0.1, -0.05) is 56.3 Å². The van der Waals surface area contributed by atoms with Crippen molar-refractivity contribution in [3.05, 3.63) is 78.4 Å². The molecule has 1 aliphatic heterocycles. The summed E-state index contributed by atoms with van der Waals surface area (Å²) in [7, 11) is 0. The van der Waals surface area contributed by atoms with Gasteiger partial charge in [0, 0.05) is 47.6 Å². The molecular weight excluding hydrogens is 434 g/mol. The Balaban J connectivity index is 1.48. The van der Waals surface area contributed by atoms with Gasteiger partial charge >= 0.3 is 0 Å². The van der Waals surface area contributed by atoms with Gasteiger partial charge in [-0.15, -0.1) is 0 Å². The monoisotopic (exact) mass is 463 g/mol. The summed E-state index contributed by atoms with van der Waals surface area (Å²) in [6, 6.07) is 16.4. The van der Waals surface area contributed by atoms with Crippen molar-refractivity contribution >= 4 is 11.5 Å². The molecule has 7 nitrogen and oxygen atoms in total. The topological polar surface area (TPSA) is 96.1 Å². The fraction of sp³-hybridized carbons (Fsp3) is 0.286. The van der Waals surface area contributed by atoms with E-state index in [-0.39, 0.29) is 5.92 Å². The molecule has 1 aliphatic rings. The minimum Gasteiger partial charge on any atom is -0.382 e. The van der Waals surface area contributed by atoms with Crippen LogP contribution < -0.4 is 5.73 Å². The van der Waals surface area contributed by atoms with Crippen LogP contribution >= 0.6 is 0 Å². The lowest BCUT2D eigenvalue weighted by atomic mass is 9.90. The molecule has 0 unspecified atom stereocenters. The first kappa shape index (κ1) is 22.6. The van der Waals surface area contributed by atoms with E-state index in [2.05, 4.69) is 34.6 Å². The van der Waals surface area contributed by atoms with Gasteiger partial charge in [0.2, 0.25) is 0 Å². The number of likely N-dealkylation sites (tertiary alicyclic amines) is 1. The summed E-state index contributed by atoms with van der Waals surface area (Å²) < 4.78 is 1.57. The van der Waals surface area contributed by atoms with Crippen LogP contribution in [-0.2, 0) is 0 Å². The van der Waals surface area contributed by atoms with Gasteiger partial charge in [0.15, 0.2) is 5.65 Å². The predicted octanol–water partition coefficient (Wildman–Crippen LogP) is 5.41. The summed E-state index contributed by atoms with van der Waals surface area (Å²) >= 11 is 0. The highest BCUT2D eigenvalue weighted by atomic mass is 15.3. The molecule has 0 amide bonds. The molecule has 0 radical (unpaired) electrons. The Hall–Kier alpha value is -4.18. The Labute approximate surface area is 205 Å². The molecule has 7 heteroatoms. The third kappa shape index (κ3) is 4.24. The highest BCUT2D eigenvalue weighted by molar-refractivity contribution is 5.79. The number of aromatic nitrogens is 4. The minimum atomic E-state index is 0.170. The third-order valence-corrected chi connectivity index (χ3v) is 6.83. The van der Waals surface area contributed by atoms with E-state index in [0.29, 0.717) is 17.0 Å². The minimum absolute atomic E-state index is 0.170. The molecule has 2 N–H and O–H groups in total. The smallest absolute Gasteiger partial charge is 0.165 e. The van der Waals surface area contributed by atoms with Gasteiger partial charge in [0.1, 0.15) is 17.5 Å². The SMILES string of the molecule is C=C(CCC)N1CCC(c2nc3c(-c4ccc(-c5ccccc5)nc4)cnn3c(N)c2C#N)CC1. The Morgan fingerprint density at radius 3 is 2.54 bits per heavy atom. The van der Waals surface area contributed by atoms with Gasteiger partial charge in [0.05, 0.1) is 17.6 Å². The molecule has 4 aromatic rings. The maximum absolute atomic E-state index is 9.92. The second-order valence-corrected chi connectivity index (χ2v) is 9.04. The average molecular weight is 464 g/mol. The van der Waals surface area contributed by atoms with Crippen molar-refractivity contribution in [3.63, 3.8) is 0 Å². The molecule has 0 spiro atoms. The zero-order chi connectivity index (χ0) is 24.4. The number of hydrogen-bond acceptors (Lipinski definition) is 6. The molecule has 176 valence electrons. The van der Waals surface area contributed by atoms with Crippen molar-refractivity contribution in [1.82, 2.24) is 24.5 Å². The third-order valence-electron chi connectivity index (χ3n) is 6.83. The van der Waals surface area contributed by atoms with Crippen LogP contribution in [0.1, 0.15) is 49.8 Å². The summed E-state index contributed by atoms with van der Waals surface area (Å²) in [5.41, 5.74) is 13.2. The van der Waals surface area contributed by atoms with Crippen LogP contribution in [0.4, 0.5) is 5.82 Å². The largest absolute Gasteiger partial charge is 0.382 e. The van der Waals surface area contributed by atoms with Crippen LogP contribution in [0.5, 0.6) is 0 Å². The number of nitriles is 1. The first-order valence-corrected chi connectivity index (χ1v) is 12.1. The second kappa shape index (κ2) is 9.59. The number of nitrogen functional groups attached to an aromatic ring is 1. The number of benzene rings is 1. The van der Waals surface area contributed by atoms with Gasteiger partial charge in [-0.2, -0.15) is 14.9 Å². The van der Waals surface area contributed by atoms with Crippen LogP contribution in [0.25, 0.3) is 28.0 Å². The van der Waals surface area contributed by atoms with Gasteiger partial charge in [-0.05, 0) is 25.3 Å². The molecule has 0 saturated carbocycles. The molecule has 3 aromatic heterocycles. The number of piperidine rings is 1. The van der Waals surface area contributed by atoms with Gasteiger partial charge in [-0.3, -0.25) is 4.98 Å². The fourth-order valence-electron chi connectivity index (χ4n) is 4.90. The number of allylic oxidation sites excluding steroid dienone is 1. The van der Waals surface area contributed by atoms with E-state index in [1.165, 1.54) is 5.70 Å². The summed E-state index contributed by atoms with van der Waals surface area (Å²) in [6.07, 6.45) is 7.53. The van der Waals surface area contributed by atoms with E-state index in [0.717, 1.165) is 66.9 Å². The highest BCUT2D eigenvalue weighted by Gasteiger charge is 2.27. The number of nitrogens with zero attached hydrogens (tertiary/aromatic N) is 6. The fourth-order valence-corrected chi connectivity index (χ4v) is 4.90. The number of hydrogen-bond donors (Lipinski definition) is 1. The van der Waals surface area contributed by atoms with Crippen LogP contribution in [-0.4, -0.2) is 37.6 Å². The second-order valence-electron chi connectivity index (χ2n) is 9.04. The van der Waals surface area contributed by atoms with Crippen molar-refractivity contribution in [2.24, 2.45) is 0 Å². The Bertz CT molecular complexity index is 1390. The van der Waals surface area contributed by atoms with Crippen molar-refractivity contribution in [1.29, 1.82) is 5.26 Å². The zero-order valence-corrected chi connectivity index (χ0v) is 20.0. The summed E-state index contributed by atoms with van der Waals surface area (Å²) in [5.74, 6) is 0.509. The standard InChI is InChI=1S/C28H29N7/c1-3-7-19(2)34-14-12-21(13-15-34)26-23(16-29)27(30)35-28(33-26)24(18-32-35)22-10-11-25(31-17-22)20-8-5-4-6-9-20/h4-6,8-11,17-18,21H,2-3,7,12-15,30H2,1H3. The number of anilines is 1. The molecule has 5 rings (SSSR count). The molecule has 35 heavy (non-hydrogen) atoms. The van der Waals surface area contributed by atoms with Crippen LogP contribution in [0.2, 0.25) is 0 Å². The Morgan fingerprint density at radius 2 is 1.89 bits per heavy atom. The number of pyridine rings is 1. The zero-order valence-electron chi connectivity index (χ0n) is 20.0. The van der Waals surface area contributed by atoms with Gasteiger partial charge in [0.25, 0.3) is 0 Å². The van der Waals surface area contributed by atoms with E-state index < -0.39 is 0 Å². The quantitative estimate of drug-likeness (QED) is 0.411. The molecule has 1 saturated heterocycles. The van der Waals surface area contributed by atoms with E-state index >= 15 is 0 Å². The van der Waals surface area contributed by atoms with Crippen LogP contribution in [0, 0.1) is 11.3 Å². The van der Waals surface area contributed by atoms with Crippen LogP contribution in [0.3, 0.4) is 0 Å². The lowest BCUT2D eigenvalue weighted by molar-refractivity contribution is 0.254. The van der Waals surface area contributed by atoms with E-state index in [1.807, 2.05) is 48.7 Å².